The quantitative estimate of drug-likeness (QED) is 0.773. The van der Waals surface area contributed by atoms with Gasteiger partial charge in [0.1, 0.15) is 5.82 Å². The Hall–Kier alpha value is -2.18. The molecule has 0 radical (unpaired) electrons. The van der Waals surface area contributed by atoms with Crippen molar-refractivity contribution in [2.24, 2.45) is 0 Å². The first-order valence-electron chi connectivity index (χ1n) is 6.69. The standard InChI is InChI=1S/C14H14FN5OS2/c1-20(8-4-7-16)12(21)9-22-14-19-18-13(23-14)17-11-6-3-2-5-10(11)15/h2-3,5-6H,4,8-9H2,1H3,(H,17,18). The number of hydrogen-bond donors (Lipinski definition) is 1. The molecular weight excluding hydrogens is 337 g/mol. The summed E-state index contributed by atoms with van der Waals surface area (Å²) in [7, 11) is 1.66. The number of benzene rings is 1. The van der Waals surface area contributed by atoms with E-state index in [2.05, 4.69) is 15.5 Å². The Labute approximate surface area is 141 Å². The van der Waals surface area contributed by atoms with Crippen molar-refractivity contribution < 1.29 is 9.18 Å². The lowest BCUT2D eigenvalue weighted by Crippen LogP contribution is -2.29. The van der Waals surface area contributed by atoms with Crippen molar-refractivity contribution in [3.05, 3.63) is 30.1 Å². The van der Waals surface area contributed by atoms with E-state index in [0.29, 0.717) is 28.1 Å². The molecule has 0 aliphatic heterocycles. The van der Waals surface area contributed by atoms with Crippen LogP contribution in [0.3, 0.4) is 0 Å². The van der Waals surface area contributed by atoms with E-state index in [1.807, 2.05) is 6.07 Å². The van der Waals surface area contributed by atoms with E-state index in [1.54, 1.807) is 25.2 Å². The van der Waals surface area contributed by atoms with Gasteiger partial charge in [-0.15, -0.1) is 10.2 Å². The molecule has 0 unspecified atom stereocenters. The van der Waals surface area contributed by atoms with Crippen LogP contribution in [0.25, 0.3) is 0 Å². The molecule has 0 saturated heterocycles. The van der Waals surface area contributed by atoms with Crippen molar-refractivity contribution in [3.63, 3.8) is 0 Å². The zero-order valence-electron chi connectivity index (χ0n) is 12.3. The van der Waals surface area contributed by atoms with Crippen LogP contribution in [0.2, 0.25) is 0 Å². The Morgan fingerprint density at radius 3 is 3.00 bits per heavy atom. The molecular formula is C14H14FN5OS2. The third kappa shape index (κ3) is 5.19. The smallest absolute Gasteiger partial charge is 0.232 e. The Morgan fingerprint density at radius 1 is 1.48 bits per heavy atom. The molecule has 0 spiro atoms. The fourth-order valence-electron chi connectivity index (χ4n) is 1.57. The molecule has 2 aromatic rings. The number of aromatic nitrogens is 2. The third-order valence-electron chi connectivity index (χ3n) is 2.83. The van der Waals surface area contributed by atoms with Gasteiger partial charge in [-0.25, -0.2) is 4.39 Å². The summed E-state index contributed by atoms with van der Waals surface area (Å²) in [5.74, 6) is -0.230. The van der Waals surface area contributed by atoms with Crippen LogP contribution in [-0.2, 0) is 4.79 Å². The average molecular weight is 351 g/mol. The van der Waals surface area contributed by atoms with Crippen molar-refractivity contribution in [2.45, 2.75) is 10.8 Å². The molecule has 0 aliphatic rings. The summed E-state index contributed by atoms with van der Waals surface area (Å²) in [4.78, 5) is 13.4. The van der Waals surface area contributed by atoms with Crippen molar-refractivity contribution in [1.29, 1.82) is 5.26 Å². The number of nitrogens with one attached hydrogen (secondary N) is 1. The maximum Gasteiger partial charge on any atom is 0.232 e. The Bertz CT molecular complexity index is 715. The second-order valence-electron chi connectivity index (χ2n) is 4.49. The summed E-state index contributed by atoms with van der Waals surface area (Å²) in [6, 6.07) is 8.29. The summed E-state index contributed by atoms with van der Waals surface area (Å²) in [6.45, 7) is 0.409. The van der Waals surface area contributed by atoms with Crippen LogP contribution in [-0.4, -0.2) is 40.3 Å². The molecule has 0 atom stereocenters. The molecule has 6 nitrogen and oxygen atoms in total. The molecule has 23 heavy (non-hydrogen) atoms. The van der Waals surface area contributed by atoms with Gasteiger partial charge in [0.15, 0.2) is 4.34 Å². The molecule has 0 fully saturated rings. The monoisotopic (exact) mass is 351 g/mol. The van der Waals surface area contributed by atoms with E-state index in [4.69, 9.17) is 5.26 Å². The van der Waals surface area contributed by atoms with Gasteiger partial charge in [-0.2, -0.15) is 5.26 Å². The lowest BCUT2D eigenvalue weighted by Gasteiger charge is -2.14. The molecule has 1 N–H and O–H groups in total. The average Bonchev–Trinajstić information content (AvgIpc) is 3.00. The molecule has 1 aromatic heterocycles. The molecule has 2 rings (SSSR count). The number of carbonyl (C=O) groups is 1. The van der Waals surface area contributed by atoms with Gasteiger partial charge in [-0.05, 0) is 12.1 Å². The minimum absolute atomic E-state index is 0.0796. The summed E-state index contributed by atoms with van der Waals surface area (Å²) < 4.78 is 14.2. The van der Waals surface area contributed by atoms with Gasteiger partial charge < -0.3 is 10.2 Å². The number of anilines is 2. The zero-order valence-corrected chi connectivity index (χ0v) is 14.0. The summed E-state index contributed by atoms with van der Waals surface area (Å²) in [5.41, 5.74) is 0.326. The topological polar surface area (TPSA) is 81.9 Å². The highest BCUT2D eigenvalue weighted by Gasteiger charge is 2.12. The number of amides is 1. The number of hydrogen-bond acceptors (Lipinski definition) is 7. The number of rotatable bonds is 7. The molecule has 0 aliphatic carbocycles. The third-order valence-corrected chi connectivity index (χ3v) is 4.78. The molecule has 1 amide bonds. The Morgan fingerprint density at radius 2 is 2.26 bits per heavy atom. The van der Waals surface area contributed by atoms with E-state index < -0.39 is 0 Å². The van der Waals surface area contributed by atoms with E-state index in [1.165, 1.54) is 34.1 Å². The highest BCUT2D eigenvalue weighted by atomic mass is 32.2. The lowest BCUT2D eigenvalue weighted by atomic mass is 10.3. The Kier molecular flexibility index (Phi) is 6.31. The minimum atomic E-state index is -0.369. The molecule has 1 aromatic carbocycles. The van der Waals surface area contributed by atoms with Crippen molar-refractivity contribution in [1.82, 2.24) is 15.1 Å². The van der Waals surface area contributed by atoms with Crippen molar-refractivity contribution in [3.8, 4) is 6.07 Å². The van der Waals surface area contributed by atoms with Gasteiger partial charge >= 0.3 is 0 Å². The van der Waals surface area contributed by atoms with Crippen LogP contribution in [0.4, 0.5) is 15.2 Å². The van der Waals surface area contributed by atoms with E-state index in [9.17, 15) is 9.18 Å². The predicted molar refractivity (Wildman–Crippen MR) is 88.2 cm³/mol. The van der Waals surface area contributed by atoms with Crippen molar-refractivity contribution in [2.75, 3.05) is 24.7 Å². The number of nitrogens with zero attached hydrogens (tertiary/aromatic N) is 4. The molecule has 0 saturated carbocycles. The van der Waals surface area contributed by atoms with Crippen LogP contribution in [0.15, 0.2) is 28.6 Å². The maximum absolute atomic E-state index is 13.5. The number of thioether (sulfide) groups is 1. The van der Waals surface area contributed by atoms with Crippen LogP contribution < -0.4 is 5.32 Å². The summed E-state index contributed by atoms with van der Waals surface area (Å²) >= 11 is 2.51. The number of halogens is 1. The molecule has 1 heterocycles. The van der Waals surface area contributed by atoms with Crippen LogP contribution in [0.5, 0.6) is 0 Å². The molecule has 9 heteroatoms. The summed E-state index contributed by atoms with van der Waals surface area (Å²) in [6.07, 6.45) is 0.308. The molecule has 120 valence electrons. The first-order chi connectivity index (χ1) is 11.1. The second-order valence-corrected chi connectivity index (χ2v) is 6.69. The van der Waals surface area contributed by atoms with Gasteiger partial charge in [-0.1, -0.05) is 35.2 Å². The fourth-order valence-corrected chi connectivity index (χ4v) is 3.28. The van der Waals surface area contributed by atoms with Gasteiger partial charge in [0.2, 0.25) is 11.0 Å². The number of nitriles is 1. The molecule has 0 bridgehead atoms. The number of carbonyl (C=O) groups excluding carboxylic acids is 1. The SMILES string of the molecule is CN(CCC#N)C(=O)CSc1nnc(Nc2ccccc2F)s1. The first-order valence-corrected chi connectivity index (χ1v) is 8.49. The van der Waals surface area contributed by atoms with E-state index in [0.717, 1.165) is 0 Å². The van der Waals surface area contributed by atoms with Gasteiger partial charge in [0.25, 0.3) is 0 Å². The highest BCUT2D eigenvalue weighted by Crippen LogP contribution is 2.28. The fraction of sp³-hybridized carbons (Fsp3) is 0.286. The first kappa shape index (κ1) is 17.2. The zero-order chi connectivity index (χ0) is 16.7. The van der Waals surface area contributed by atoms with Crippen LogP contribution in [0, 0.1) is 17.1 Å². The van der Waals surface area contributed by atoms with Gasteiger partial charge in [0.05, 0.1) is 23.9 Å². The van der Waals surface area contributed by atoms with Crippen LogP contribution in [0.1, 0.15) is 6.42 Å². The van der Waals surface area contributed by atoms with Gasteiger partial charge in [0, 0.05) is 13.6 Å². The minimum Gasteiger partial charge on any atom is -0.344 e. The second kappa shape index (κ2) is 8.45. The summed E-state index contributed by atoms with van der Waals surface area (Å²) in [5, 5.41) is 19.7. The van der Waals surface area contributed by atoms with Gasteiger partial charge in [-0.3, -0.25) is 4.79 Å². The van der Waals surface area contributed by atoms with Crippen LogP contribution >= 0.6 is 23.1 Å². The van der Waals surface area contributed by atoms with E-state index in [-0.39, 0.29) is 17.5 Å². The normalized spacial score (nSPS) is 10.1. The lowest BCUT2D eigenvalue weighted by molar-refractivity contribution is -0.127. The number of para-hydroxylation sites is 1. The van der Waals surface area contributed by atoms with E-state index >= 15 is 0 Å². The van der Waals surface area contributed by atoms with Crippen molar-refractivity contribution >= 4 is 39.8 Å². The largest absolute Gasteiger partial charge is 0.344 e. The maximum atomic E-state index is 13.5. The Balaban J connectivity index is 1.87. The predicted octanol–water partition coefficient (Wildman–Crippen LogP) is 2.88. The highest BCUT2D eigenvalue weighted by molar-refractivity contribution is 8.01.